The Bertz CT molecular complexity index is 493. The van der Waals surface area contributed by atoms with E-state index in [4.69, 9.17) is 11.6 Å². The van der Waals surface area contributed by atoms with Crippen LogP contribution in [0, 0.1) is 0 Å². The third-order valence-corrected chi connectivity index (χ3v) is 5.72. The number of quaternary nitrogens is 1. The van der Waals surface area contributed by atoms with E-state index in [0.717, 1.165) is 0 Å². The number of hydrogen-bond donors (Lipinski definition) is 1. The molecule has 19 heavy (non-hydrogen) atoms. The SMILES string of the molecule is O=S(=O)(CC[NH2+]C1CCCCC1)c1ccc(Cl)cc1. The maximum Gasteiger partial charge on any atom is 0.183 e. The summed E-state index contributed by atoms with van der Waals surface area (Å²) in [6, 6.07) is 7.03. The molecule has 106 valence electrons. The summed E-state index contributed by atoms with van der Waals surface area (Å²) in [5.74, 6) is 0.200. The van der Waals surface area contributed by atoms with E-state index in [-0.39, 0.29) is 5.75 Å². The molecule has 0 aliphatic heterocycles. The Balaban J connectivity index is 1.85. The van der Waals surface area contributed by atoms with Gasteiger partial charge in [0.1, 0.15) is 5.75 Å². The fourth-order valence-corrected chi connectivity index (χ4v) is 3.95. The van der Waals surface area contributed by atoms with Crippen molar-refractivity contribution in [3.8, 4) is 0 Å². The second-order valence-corrected chi connectivity index (χ2v) is 7.74. The smallest absolute Gasteiger partial charge is 0.183 e. The van der Waals surface area contributed by atoms with Crippen molar-refractivity contribution in [3.05, 3.63) is 29.3 Å². The van der Waals surface area contributed by atoms with Gasteiger partial charge >= 0.3 is 0 Å². The number of rotatable bonds is 5. The van der Waals surface area contributed by atoms with Gasteiger partial charge in [0.15, 0.2) is 9.84 Å². The van der Waals surface area contributed by atoms with Gasteiger partial charge in [0.2, 0.25) is 0 Å². The summed E-state index contributed by atoms with van der Waals surface area (Å²) >= 11 is 5.77. The van der Waals surface area contributed by atoms with Gasteiger partial charge in [-0.25, -0.2) is 8.42 Å². The van der Waals surface area contributed by atoms with E-state index in [0.29, 0.717) is 22.5 Å². The zero-order valence-corrected chi connectivity index (χ0v) is 12.6. The summed E-state index contributed by atoms with van der Waals surface area (Å²) in [7, 11) is -3.17. The van der Waals surface area contributed by atoms with Gasteiger partial charge in [0.05, 0.1) is 17.5 Å². The van der Waals surface area contributed by atoms with Crippen molar-refractivity contribution in [3.63, 3.8) is 0 Å². The normalized spacial score (nSPS) is 17.5. The van der Waals surface area contributed by atoms with E-state index in [1.165, 1.54) is 32.1 Å². The zero-order valence-electron chi connectivity index (χ0n) is 11.0. The molecule has 1 aromatic carbocycles. The molecule has 0 heterocycles. The maximum atomic E-state index is 12.1. The van der Waals surface area contributed by atoms with Crippen molar-refractivity contribution in [2.24, 2.45) is 0 Å². The molecular weight excluding hydrogens is 282 g/mol. The van der Waals surface area contributed by atoms with Crippen molar-refractivity contribution in [1.29, 1.82) is 0 Å². The molecule has 2 rings (SSSR count). The lowest BCUT2D eigenvalue weighted by Crippen LogP contribution is -2.91. The van der Waals surface area contributed by atoms with Gasteiger partial charge in [-0.15, -0.1) is 0 Å². The summed E-state index contributed by atoms with van der Waals surface area (Å²) < 4.78 is 24.2. The highest BCUT2D eigenvalue weighted by Crippen LogP contribution is 2.16. The lowest BCUT2D eigenvalue weighted by Gasteiger charge is -2.19. The number of benzene rings is 1. The third kappa shape index (κ3) is 4.48. The second kappa shape index (κ2) is 6.73. The number of nitrogens with two attached hydrogens (primary N) is 1. The Morgan fingerprint density at radius 3 is 2.37 bits per heavy atom. The van der Waals surface area contributed by atoms with Crippen LogP contribution in [0.1, 0.15) is 32.1 Å². The van der Waals surface area contributed by atoms with E-state index < -0.39 is 9.84 Å². The standard InChI is InChI=1S/C14H20ClNO2S/c15-12-6-8-14(9-7-12)19(17,18)11-10-16-13-4-2-1-3-5-13/h6-9,13,16H,1-5,10-11H2/p+1. The Morgan fingerprint density at radius 1 is 1.11 bits per heavy atom. The van der Waals surface area contributed by atoms with Crippen LogP contribution in [-0.4, -0.2) is 26.8 Å². The van der Waals surface area contributed by atoms with Crippen molar-refractivity contribution in [2.75, 3.05) is 12.3 Å². The minimum Gasteiger partial charge on any atom is -0.343 e. The Kier molecular flexibility index (Phi) is 5.25. The lowest BCUT2D eigenvalue weighted by molar-refractivity contribution is -0.688. The average molecular weight is 303 g/mol. The molecule has 0 spiro atoms. The minimum absolute atomic E-state index is 0.200. The first kappa shape index (κ1) is 14.8. The van der Waals surface area contributed by atoms with Gasteiger partial charge in [-0.2, -0.15) is 0 Å². The first-order valence-corrected chi connectivity index (χ1v) is 8.92. The number of halogens is 1. The first-order valence-electron chi connectivity index (χ1n) is 6.89. The van der Waals surface area contributed by atoms with Crippen LogP contribution in [0.4, 0.5) is 0 Å². The molecule has 3 nitrogen and oxygen atoms in total. The molecule has 0 bridgehead atoms. The molecule has 1 fully saturated rings. The van der Waals surface area contributed by atoms with E-state index >= 15 is 0 Å². The fourth-order valence-electron chi connectivity index (χ4n) is 2.59. The Hall–Kier alpha value is -0.580. The van der Waals surface area contributed by atoms with Crippen molar-refractivity contribution in [1.82, 2.24) is 0 Å². The van der Waals surface area contributed by atoms with Crippen molar-refractivity contribution < 1.29 is 13.7 Å². The Labute approximate surface area is 120 Å². The van der Waals surface area contributed by atoms with Crippen LogP contribution < -0.4 is 5.32 Å². The second-order valence-electron chi connectivity index (χ2n) is 5.20. The van der Waals surface area contributed by atoms with Gasteiger partial charge in [-0.3, -0.25) is 0 Å². The zero-order chi connectivity index (χ0) is 13.7. The number of sulfone groups is 1. The monoisotopic (exact) mass is 302 g/mol. The van der Waals surface area contributed by atoms with Crippen molar-refractivity contribution >= 4 is 21.4 Å². The summed E-state index contributed by atoms with van der Waals surface area (Å²) in [6.45, 7) is 0.648. The van der Waals surface area contributed by atoms with E-state index in [9.17, 15) is 8.42 Å². The molecule has 0 radical (unpaired) electrons. The molecule has 1 aliphatic rings. The first-order chi connectivity index (χ1) is 9.08. The third-order valence-electron chi connectivity index (χ3n) is 3.71. The lowest BCUT2D eigenvalue weighted by atomic mass is 9.96. The molecule has 0 unspecified atom stereocenters. The molecule has 0 amide bonds. The van der Waals surface area contributed by atoms with Crippen LogP contribution in [0.5, 0.6) is 0 Å². The predicted octanol–water partition coefficient (Wildman–Crippen LogP) is 2.01. The molecule has 1 saturated carbocycles. The van der Waals surface area contributed by atoms with Crippen LogP contribution in [0.15, 0.2) is 29.2 Å². The van der Waals surface area contributed by atoms with E-state index in [1.807, 2.05) is 0 Å². The van der Waals surface area contributed by atoms with Crippen LogP contribution >= 0.6 is 11.6 Å². The van der Waals surface area contributed by atoms with Gasteiger partial charge in [-0.05, 0) is 49.9 Å². The Morgan fingerprint density at radius 2 is 1.74 bits per heavy atom. The highest BCUT2D eigenvalue weighted by atomic mass is 35.5. The molecular formula is C14H21ClNO2S+. The van der Waals surface area contributed by atoms with Crippen LogP contribution in [0.3, 0.4) is 0 Å². The summed E-state index contributed by atoms with van der Waals surface area (Å²) in [5.41, 5.74) is 0. The van der Waals surface area contributed by atoms with Gasteiger partial charge in [0, 0.05) is 5.02 Å². The molecule has 5 heteroatoms. The topological polar surface area (TPSA) is 50.8 Å². The fraction of sp³-hybridized carbons (Fsp3) is 0.571. The number of hydrogen-bond acceptors (Lipinski definition) is 2. The summed E-state index contributed by atoms with van der Waals surface area (Å²) in [5, 5.41) is 2.76. The van der Waals surface area contributed by atoms with Crippen LogP contribution in [0.2, 0.25) is 5.02 Å². The highest BCUT2D eigenvalue weighted by Gasteiger charge is 2.19. The molecule has 2 N–H and O–H groups in total. The molecule has 1 aromatic rings. The maximum absolute atomic E-state index is 12.1. The molecule has 0 aromatic heterocycles. The quantitative estimate of drug-likeness (QED) is 0.904. The van der Waals surface area contributed by atoms with Gasteiger partial charge in [-0.1, -0.05) is 18.0 Å². The van der Waals surface area contributed by atoms with Gasteiger partial charge < -0.3 is 5.32 Å². The highest BCUT2D eigenvalue weighted by molar-refractivity contribution is 7.91. The summed E-state index contributed by atoms with van der Waals surface area (Å²) in [4.78, 5) is 0.369. The van der Waals surface area contributed by atoms with E-state index in [1.54, 1.807) is 24.3 Å². The average Bonchev–Trinajstić information content (AvgIpc) is 2.40. The minimum atomic E-state index is -3.17. The van der Waals surface area contributed by atoms with Crippen LogP contribution in [-0.2, 0) is 9.84 Å². The van der Waals surface area contributed by atoms with E-state index in [2.05, 4.69) is 5.32 Å². The molecule has 1 aliphatic carbocycles. The van der Waals surface area contributed by atoms with Crippen molar-refractivity contribution in [2.45, 2.75) is 43.0 Å². The molecule has 0 saturated heterocycles. The van der Waals surface area contributed by atoms with Gasteiger partial charge in [0.25, 0.3) is 0 Å². The largest absolute Gasteiger partial charge is 0.343 e. The molecule has 0 atom stereocenters. The predicted molar refractivity (Wildman–Crippen MR) is 77.2 cm³/mol. The van der Waals surface area contributed by atoms with Crippen LogP contribution in [0.25, 0.3) is 0 Å². The summed E-state index contributed by atoms with van der Waals surface area (Å²) in [6.07, 6.45) is 6.34.